The van der Waals surface area contributed by atoms with Crippen molar-refractivity contribution >= 4 is 5.91 Å². The first-order valence-electron chi connectivity index (χ1n) is 7.35. The highest BCUT2D eigenvalue weighted by atomic mass is 19.1. The maximum atomic E-state index is 13.8. The monoisotopic (exact) mass is 309 g/mol. The van der Waals surface area contributed by atoms with Crippen LogP contribution < -0.4 is 5.32 Å². The van der Waals surface area contributed by atoms with E-state index in [1.54, 1.807) is 30.3 Å². The summed E-state index contributed by atoms with van der Waals surface area (Å²) in [5.41, 5.74) is 1.34. The molecule has 1 atom stereocenters. The quantitative estimate of drug-likeness (QED) is 0.766. The molecule has 0 saturated heterocycles. The van der Waals surface area contributed by atoms with Crippen molar-refractivity contribution in [1.29, 1.82) is 0 Å². The smallest absolute Gasteiger partial charge is 0.287 e. The summed E-state index contributed by atoms with van der Waals surface area (Å²) in [4.78, 5) is 12.3. The van der Waals surface area contributed by atoms with E-state index in [0.29, 0.717) is 11.3 Å². The van der Waals surface area contributed by atoms with Gasteiger partial charge < -0.3 is 9.73 Å². The lowest BCUT2D eigenvalue weighted by Crippen LogP contribution is -2.26. The number of carbonyl (C=O) groups is 1. The van der Waals surface area contributed by atoms with Crippen molar-refractivity contribution in [3.8, 4) is 11.3 Å². The van der Waals surface area contributed by atoms with Crippen LogP contribution in [0.2, 0.25) is 0 Å². The second kappa shape index (κ2) is 6.48. The summed E-state index contributed by atoms with van der Waals surface area (Å²) in [7, 11) is 0. The number of hydrogen-bond donors (Lipinski definition) is 1. The summed E-state index contributed by atoms with van der Waals surface area (Å²) >= 11 is 0. The summed E-state index contributed by atoms with van der Waals surface area (Å²) < 4.78 is 19.3. The minimum absolute atomic E-state index is 0.147. The maximum Gasteiger partial charge on any atom is 0.287 e. The zero-order valence-electron chi connectivity index (χ0n) is 12.6. The molecule has 0 fully saturated rings. The minimum atomic E-state index is -0.383. The lowest BCUT2D eigenvalue weighted by Gasteiger charge is -2.13. The third kappa shape index (κ3) is 3.31. The first kappa shape index (κ1) is 15.0. The van der Waals surface area contributed by atoms with Crippen LogP contribution in [0.25, 0.3) is 11.3 Å². The van der Waals surface area contributed by atoms with Gasteiger partial charge in [-0.15, -0.1) is 0 Å². The molecule has 1 heterocycles. The van der Waals surface area contributed by atoms with Crippen LogP contribution in [-0.4, -0.2) is 5.91 Å². The van der Waals surface area contributed by atoms with Crippen LogP contribution in [-0.2, 0) is 0 Å². The summed E-state index contributed by atoms with van der Waals surface area (Å²) in [5, 5.41) is 2.87. The second-order valence-electron chi connectivity index (χ2n) is 5.25. The Kier molecular flexibility index (Phi) is 4.24. The summed E-state index contributed by atoms with van der Waals surface area (Å²) in [6.07, 6.45) is 0. The van der Waals surface area contributed by atoms with E-state index in [2.05, 4.69) is 5.32 Å². The van der Waals surface area contributed by atoms with Gasteiger partial charge in [-0.2, -0.15) is 0 Å². The Morgan fingerprint density at radius 1 is 1.00 bits per heavy atom. The third-order valence-corrected chi connectivity index (χ3v) is 3.62. The van der Waals surface area contributed by atoms with E-state index >= 15 is 0 Å². The Morgan fingerprint density at radius 2 is 1.70 bits per heavy atom. The summed E-state index contributed by atoms with van der Waals surface area (Å²) in [6.45, 7) is 1.90. The molecule has 1 amide bonds. The van der Waals surface area contributed by atoms with Gasteiger partial charge in [0.1, 0.15) is 11.6 Å². The first-order valence-corrected chi connectivity index (χ1v) is 7.35. The van der Waals surface area contributed by atoms with Gasteiger partial charge in [0.2, 0.25) is 0 Å². The van der Waals surface area contributed by atoms with E-state index in [1.807, 2.05) is 37.3 Å². The van der Waals surface area contributed by atoms with Crippen molar-refractivity contribution in [2.75, 3.05) is 0 Å². The van der Waals surface area contributed by atoms with Crippen LogP contribution in [0, 0.1) is 5.82 Å². The molecular formula is C19H16FNO2. The average Bonchev–Trinajstić information content (AvgIpc) is 3.06. The van der Waals surface area contributed by atoms with Gasteiger partial charge in [-0.05, 0) is 36.8 Å². The van der Waals surface area contributed by atoms with E-state index in [0.717, 1.165) is 5.56 Å². The Bertz CT molecular complexity index is 811. The largest absolute Gasteiger partial charge is 0.451 e. The Labute approximate surface area is 133 Å². The Morgan fingerprint density at radius 3 is 2.43 bits per heavy atom. The fraction of sp³-hybridized carbons (Fsp3) is 0.105. The molecule has 1 N–H and O–H groups in total. The van der Waals surface area contributed by atoms with Crippen LogP contribution in [0.15, 0.2) is 71.1 Å². The Hall–Kier alpha value is -2.88. The highest BCUT2D eigenvalue weighted by Crippen LogP contribution is 2.25. The normalized spacial score (nSPS) is 11.9. The molecule has 3 nitrogen and oxygen atoms in total. The molecular weight excluding hydrogens is 293 g/mol. The highest BCUT2D eigenvalue weighted by Gasteiger charge is 2.16. The molecule has 0 aliphatic rings. The van der Waals surface area contributed by atoms with Gasteiger partial charge in [0.25, 0.3) is 5.91 Å². The predicted octanol–water partition coefficient (Wildman–Crippen LogP) is 4.58. The average molecular weight is 309 g/mol. The predicted molar refractivity (Wildman–Crippen MR) is 86.4 cm³/mol. The van der Waals surface area contributed by atoms with Gasteiger partial charge in [0.05, 0.1) is 11.6 Å². The zero-order chi connectivity index (χ0) is 16.2. The molecule has 0 saturated carbocycles. The topological polar surface area (TPSA) is 42.2 Å². The molecule has 0 aliphatic carbocycles. The number of halogens is 1. The van der Waals surface area contributed by atoms with Crippen LogP contribution >= 0.6 is 0 Å². The van der Waals surface area contributed by atoms with Crippen LogP contribution in [0.4, 0.5) is 4.39 Å². The Balaban J connectivity index is 1.75. The van der Waals surface area contributed by atoms with Crippen LogP contribution in [0.1, 0.15) is 29.1 Å². The number of furan rings is 1. The van der Waals surface area contributed by atoms with Crippen LogP contribution in [0.3, 0.4) is 0 Å². The van der Waals surface area contributed by atoms with Crippen molar-refractivity contribution in [3.63, 3.8) is 0 Å². The molecule has 0 unspecified atom stereocenters. The van der Waals surface area contributed by atoms with E-state index in [-0.39, 0.29) is 23.5 Å². The number of hydrogen-bond acceptors (Lipinski definition) is 2. The number of nitrogens with one attached hydrogen (secondary N) is 1. The fourth-order valence-corrected chi connectivity index (χ4v) is 2.36. The van der Waals surface area contributed by atoms with Crippen molar-refractivity contribution in [3.05, 3.63) is 83.9 Å². The van der Waals surface area contributed by atoms with Gasteiger partial charge in [-0.25, -0.2) is 4.39 Å². The molecule has 0 aliphatic heterocycles. The maximum absolute atomic E-state index is 13.8. The first-order chi connectivity index (χ1) is 11.1. The minimum Gasteiger partial charge on any atom is -0.451 e. The zero-order valence-corrected chi connectivity index (χ0v) is 12.6. The molecule has 2 aromatic carbocycles. The van der Waals surface area contributed by atoms with Crippen LogP contribution in [0.5, 0.6) is 0 Å². The number of amides is 1. The number of benzene rings is 2. The number of carbonyl (C=O) groups excluding carboxylic acids is 1. The van der Waals surface area contributed by atoms with Gasteiger partial charge in [-0.3, -0.25) is 4.79 Å². The second-order valence-corrected chi connectivity index (χ2v) is 5.25. The molecule has 0 bridgehead atoms. The van der Waals surface area contributed by atoms with Crippen molar-refractivity contribution < 1.29 is 13.6 Å². The molecule has 0 spiro atoms. The lowest BCUT2D eigenvalue weighted by molar-refractivity contribution is 0.0912. The summed E-state index contributed by atoms with van der Waals surface area (Å²) in [6, 6.07) is 18.9. The van der Waals surface area contributed by atoms with Gasteiger partial charge in [0.15, 0.2) is 5.76 Å². The molecule has 3 aromatic rings. The number of rotatable bonds is 4. The highest BCUT2D eigenvalue weighted by molar-refractivity contribution is 5.92. The van der Waals surface area contributed by atoms with E-state index in [4.69, 9.17) is 4.42 Å². The van der Waals surface area contributed by atoms with Gasteiger partial charge >= 0.3 is 0 Å². The van der Waals surface area contributed by atoms with E-state index in [9.17, 15) is 9.18 Å². The molecule has 23 heavy (non-hydrogen) atoms. The summed E-state index contributed by atoms with van der Waals surface area (Å²) in [5.74, 6) is -0.220. The SMILES string of the molecule is C[C@H](NC(=O)c1ccc(-c2ccccc2F)o1)c1ccccc1. The van der Waals surface area contributed by atoms with Gasteiger partial charge in [0, 0.05) is 0 Å². The molecule has 3 rings (SSSR count). The fourth-order valence-electron chi connectivity index (χ4n) is 2.36. The van der Waals surface area contributed by atoms with E-state index in [1.165, 1.54) is 6.07 Å². The van der Waals surface area contributed by atoms with Crippen molar-refractivity contribution in [2.24, 2.45) is 0 Å². The molecule has 4 heteroatoms. The van der Waals surface area contributed by atoms with Crippen molar-refractivity contribution in [1.82, 2.24) is 5.32 Å². The third-order valence-electron chi connectivity index (χ3n) is 3.62. The molecule has 116 valence electrons. The molecule has 1 aromatic heterocycles. The lowest BCUT2D eigenvalue weighted by atomic mass is 10.1. The van der Waals surface area contributed by atoms with E-state index < -0.39 is 0 Å². The molecule has 0 radical (unpaired) electrons. The standard InChI is InChI=1S/C19H16FNO2/c1-13(14-7-3-2-4-8-14)21-19(22)18-12-11-17(23-18)15-9-5-6-10-16(15)20/h2-13H,1H3,(H,21,22)/t13-/m0/s1. The van der Waals surface area contributed by atoms with Crippen molar-refractivity contribution in [2.45, 2.75) is 13.0 Å². The van der Waals surface area contributed by atoms with Gasteiger partial charge in [-0.1, -0.05) is 42.5 Å².